The number of aryl methyl sites for hydroxylation is 1. The minimum atomic E-state index is -0.0237. The van der Waals surface area contributed by atoms with Gasteiger partial charge in [0, 0.05) is 23.2 Å². The third-order valence-corrected chi connectivity index (χ3v) is 4.36. The summed E-state index contributed by atoms with van der Waals surface area (Å²) in [7, 11) is 0. The van der Waals surface area contributed by atoms with E-state index in [0.29, 0.717) is 6.54 Å². The number of amides is 1. The fourth-order valence-electron chi connectivity index (χ4n) is 2.38. The summed E-state index contributed by atoms with van der Waals surface area (Å²) in [4.78, 5) is 17.4. The lowest BCUT2D eigenvalue weighted by molar-refractivity contribution is 0.0951. The van der Waals surface area contributed by atoms with E-state index in [1.165, 1.54) is 11.1 Å². The molecule has 104 valence electrons. The van der Waals surface area contributed by atoms with E-state index in [0.717, 1.165) is 35.0 Å². The summed E-state index contributed by atoms with van der Waals surface area (Å²) in [6.45, 7) is 4.37. The first-order valence-corrected chi connectivity index (χ1v) is 7.56. The highest BCUT2D eigenvalue weighted by Gasteiger charge is 2.12. The average Bonchev–Trinajstić information content (AvgIpc) is 2.90. The zero-order valence-corrected chi connectivity index (χ0v) is 12.2. The van der Waals surface area contributed by atoms with E-state index >= 15 is 0 Å². The molecule has 20 heavy (non-hydrogen) atoms. The van der Waals surface area contributed by atoms with Crippen LogP contribution < -0.4 is 10.6 Å². The molecule has 4 nitrogen and oxygen atoms in total. The van der Waals surface area contributed by atoms with Gasteiger partial charge >= 0.3 is 0 Å². The van der Waals surface area contributed by atoms with Crippen LogP contribution in [0.2, 0.25) is 0 Å². The smallest absolute Gasteiger partial charge is 0.251 e. The molecule has 2 aromatic rings. The van der Waals surface area contributed by atoms with Crippen molar-refractivity contribution in [2.45, 2.75) is 26.4 Å². The summed E-state index contributed by atoms with van der Waals surface area (Å²) >= 11 is 1.61. The molecule has 0 radical (unpaired) electrons. The van der Waals surface area contributed by atoms with Gasteiger partial charge < -0.3 is 10.6 Å². The first kappa shape index (κ1) is 13.3. The fourth-order valence-corrected chi connectivity index (χ4v) is 3.11. The molecule has 0 saturated carbocycles. The number of nitrogens with zero attached hydrogens (tertiary/aromatic N) is 1. The lowest BCUT2D eigenvalue weighted by Crippen LogP contribution is -2.26. The van der Waals surface area contributed by atoms with Crippen molar-refractivity contribution in [1.29, 1.82) is 0 Å². The third kappa shape index (κ3) is 2.89. The van der Waals surface area contributed by atoms with Crippen LogP contribution in [0.1, 0.15) is 31.4 Å². The van der Waals surface area contributed by atoms with E-state index in [-0.39, 0.29) is 5.91 Å². The van der Waals surface area contributed by atoms with Gasteiger partial charge in [-0.05, 0) is 43.1 Å². The molecule has 5 heteroatoms. The van der Waals surface area contributed by atoms with E-state index in [2.05, 4.69) is 21.7 Å². The van der Waals surface area contributed by atoms with Crippen molar-refractivity contribution >= 4 is 17.2 Å². The summed E-state index contributed by atoms with van der Waals surface area (Å²) < 4.78 is 0. The number of carbonyl (C=O) groups is 1. The van der Waals surface area contributed by atoms with Gasteiger partial charge in [0.05, 0.1) is 11.6 Å². The normalized spacial score (nSPS) is 13.8. The van der Waals surface area contributed by atoms with E-state index in [1.54, 1.807) is 11.3 Å². The monoisotopic (exact) mass is 287 g/mol. The first-order chi connectivity index (χ1) is 9.72. The van der Waals surface area contributed by atoms with Gasteiger partial charge in [-0.15, -0.1) is 11.3 Å². The van der Waals surface area contributed by atoms with Crippen LogP contribution >= 0.6 is 11.3 Å². The van der Waals surface area contributed by atoms with Crippen LogP contribution in [0.4, 0.5) is 0 Å². The maximum atomic E-state index is 12.2. The van der Waals surface area contributed by atoms with Gasteiger partial charge in [0.15, 0.2) is 0 Å². The average molecular weight is 287 g/mol. The van der Waals surface area contributed by atoms with Crippen molar-refractivity contribution in [2.24, 2.45) is 0 Å². The number of hydrogen-bond acceptors (Lipinski definition) is 4. The SMILES string of the molecule is Cc1ncc(CNC(=O)c2ccc3c(c2)CNCC3)s1. The lowest BCUT2D eigenvalue weighted by Gasteiger charge is -2.17. The predicted octanol–water partition coefficient (Wildman–Crippen LogP) is 2.03. The predicted molar refractivity (Wildman–Crippen MR) is 79.9 cm³/mol. The van der Waals surface area contributed by atoms with Crippen molar-refractivity contribution in [3.8, 4) is 0 Å². The third-order valence-electron chi connectivity index (χ3n) is 3.45. The number of thiazole rings is 1. The van der Waals surface area contributed by atoms with E-state index in [1.807, 2.05) is 25.3 Å². The Balaban J connectivity index is 1.67. The Morgan fingerprint density at radius 2 is 2.35 bits per heavy atom. The lowest BCUT2D eigenvalue weighted by atomic mass is 9.98. The summed E-state index contributed by atoms with van der Waals surface area (Å²) in [6, 6.07) is 5.98. The molecular weight excluding hydrogens is 270 g/mol. The second kappa shape index (κ2) is 5.73. The number of rotatable bonds is 3. The molecule has 1 aliphatic heterocycles. The quantitative estimate of drug-likeness (QED) is 0.908. The number of carbonyl (C=O) groups excluding carboxylic acids is 1. The van der Waals surface area contributed by atoms with Crippen LogP contribution in [0.25, 0.3) is 0 Å². The van der Waals surface area contributed by atoms with Crippen LogP contribution in [0.15, 0.2) is 24.4 Å². The highest BCUT2D eigenvalue weighted by molar-refractivity contribution is 7.11. The number of hydrogen-bond donors (Lipinski definition) is 2. The summed E-state index contributed by atoms with van der Waals surface area (Å²) in [5, 5.41) is 7.30. The molecule has 1 aliphatic rings. The van der Waals surface area contributed by atoms with Crippen LogP contribution in [0, 0.1) is 6.92 Å². The zero-order chi connectivity index (χ0) is 13.9. The molecule has 0 bridgehead atoms. The Morgan fingerprint density at radius 3 is 3.15 bits per heavy atom. The zero-order valence-electron chi connectivity index (χ0n) is 11.4. The Morgan fingerprint density at radius 1 is 1.45 bits per heavy atom. The number of nitrogens with one attached hydrogen (secondary N) is 2. The summed E-state index contributed by atoms with van der Waals surface area (Å²) in [5.41, 5.74) is 3.31. The van der Waals surface area contributed by atoms with Crippen LogP contribution in [0.3, 0.4) is 0 Å². The second-order valence-corrected chi connectivity index (χ2v) is 6.26. The molecule has 0 unspecified atom stereocenters. The Kier molecular flexibility index (Phi) is 3.80. The van der Waals surface area contributed by atoms with Gasteiger partial charge in [-0.1, -0.05) is 6.07 Å². The van der Waals surface area contributed by atoms with Crippen molar-refractivity contribution in [2.75, 3.05) is 6.54 Å². The molecule has 0 fully saturated rings. The molecule has 2 N–H and O–H groups in total. The Bertz CT molecular complexity index is 636. The maximum Gasteiger partial charge on any atom is 0.251 e. The van der Waals surface area contributed by atoms with Crippen LogP contribution in [-0.2, 0) is 19.5 Å². The topological polar surface area (TPSA) is 54.0 Å². The molecule has 0 spiro atoms. The minimum Gasteiger partial charge on any atom is -0.347 e. The number of aromatic nitrogens is 1. The fraction of sp³-hybridized carbons (Fsp3) is 0.333. The number of benzene rings is 1. The van der Waals surface area contributed by atoms with Gasteiger partial charge in [-0.2, -0.15) is 0 Å². The first-order valence-electron chi connectivity index (χ1n) is 6.74. The highest BCUT2D eigenvalue weighted by Crippen LogP contribution is 2.16. The molecule has 0 atom stereocenters. The molecule has 1 aromatic carbocycles. The summed E-state index contributed by atoms with van der Waals surface area (Å²) in [5.74, 6) is -0.0237. The Hall–Kier alpha value is -1.72. The van der Waals surface area contributed by atoms with Crippen LogP contribution in [-0.4, -0.2) is 17.4 Å². The van der Waals surface area contributed by atoms with Crippen molar-refractivity contribution in [1.82, 2.24) is 15.6 Å². The second-order valence-electron chi connectivity index (χ2n) is 4.94. The van der Waals surface area contributed by atoms with E-state index in [9.17, 15) is 4.79 Å². The minimum absolute atomic E-state index is 0.0237. The largest absolute Gasteiger partial charge is 0.347 e. The molecule has 1 aromatic heterocycles. The molecule has 3 rings (SSSR count). The van der Waals surface area contributed by atoms with E-state index < -0.39 is 0 Å². The number of fused-ring (bicyclic) bond motifs is 1. The summed E-state index contributed by atoms with van der Waals surface area (Å²) in [6.07, 6.45) is 2.86. The van der Waals surface area contributed by atoms with Gasteiger partial charge in [-0.3, -0.25) is 4.79 Å². The van der Waals surface area contributed by atoms with Crippen molar-refractivity contribution in [3.63, 3.8) is 0 Å². The molecule has 0 saturated heterocycles. The van der Waals surface area contributed by atoms with Crippen molar-refractivity contribution < 1.29 is 4.79 Å². The van der Waals surface area contributed by atoms with Crippen LogP contribution in [0.5, 0.6) is 0 Å². The van der Waals surface area contributed by atoms with Gasteiger partial charge in [-0.25, -0.2) is 4.98 Å². The van der Waals surface area contributed by atoms with Gasteiger partial charge in [0.25, 0.3) is 5.91 Å². The highest BCUT2D eigenvalue weighted by atomic mass is 32.1. The molecular formula is C15H17N3OS. The molecule has 0 aliphatic carbocycles. The van der Waals surface area contributed by atoms with Crippen molar-refractivity contribution in [3.05, 3.63) is 51.0 Å². The van der Waals surface area contributed by atoms with E-state index in [4.69, 9.17) is 0 Å². The van der Waals surface area contributed by atoms with Gasteiger partial charge in [0.1, 0.15) is 0 Å². The molecule has 2 heterocycles. The van der Waals surface area contributed by atoms with Gasteiger partial charge in [0.2, 0.25) is 0 Å². The Labute approximate surface area is 122 Å². The molecule has 1 amide bonds. The standard InChI is InChI=1S/C15H17N3OS/c1-10-17-8-14(20-10)9-18-15(19)12-3-2-11-4-5-16-7-13(11)6-12/h2-3,6,8,16H,4-5,7,9H2,1H3,(H,18,19). The maximum absolute atomic E-state index is 12.2.